The monoisotopic (exact) mass is 264 g/mol. The number of carbonyl (C=O) groups is 1. The van der Waals surface area contributed by atoms with Gasteiger partial charge in [0.1, 0.15) is 17.1 Å². The standard InChI is InChI=1S/C15H20O4/c1-18-12-8-9-13(15(16)17)14(10-12)19-11-6-4-2-3-5-7-11/h8-11H,2-7H2,1H3,(H,16,17). The molecule has 0 aliphatic heterocycles. The van der Waals surface area contributed by atoms with Crippen molar-refractivity contribution in [3.8, 4) is 11.5 Å². The summed E-state index contributed by atoms with van der Waals surface area (Å²) in [6.45, 7) is 0. The zero-order valence-electron chi connectivity index (χ0n) is 11.2. The number of carboxylic acids is 1. The molecular weight excluding hydrogens is 244 g/mol. The highest BCUT2D eigenvalue weighted by molar-refractivity contribution is 5.91. The van der Waals surface area contributed by atoms with Gasteiger partial charge in [-0.1, -0.05) is 12.8 Å². The van der Waals surface area contributed by atoms with Crippen LogP contribution in [-0.4, -0.2) is 24.3 Å². The third-order valence-electron chi connectivity index (χ3n) is 3.52. The van der Waals surface area contributed by atoms with Crippen LogP contribution in [0.15, 0.2) is 18.2 Å². The van der Waals surface area contributed by atoms with Gasteiger partial charge < -0.3 is 14.6 Å². The van der Waals surface area contributed by atoms with Gasteiger partial charge in [0.15, 0.2) is 0 Å². The summed E-state index contributed by atoms with van der Waals surface area (Å²) >= 11 is 0. The number of hydrogen-bond acceptors (Lipinski definition) is 3. The lowest BCUT2D eigenvalue weighted by molar-refractivity contribution is 0.0688. The van der Waals surface area contributed by atoms with Crippen molar-refractivity contribution in [1.29, 1.82) is 0 Å². The van der Waals surface area contributed by atoms with Crippen LogP contribution in [0.2, 0.25) is 0 Å². The lowest BCUT2D eigenvalue weighted by Gasteiger charge is -2.18. The van der Waals surface area contributed by atoms with E-state index in [2.05, 4.69) is 0 Å². The molecule has 1 aromatic rings. The Kier molecular flexibility index (Phi) is 4.66. The van der Waals surface area contributed by atoms with Gasteiger partial charge in [0.25, 0.3) is 0 Å². The van der Waals surface area contributed by atoms with E-state index in [-0.39, 0.29) is 11.7 Å². The van der Waals surface area contributed by atoms with Gasteiger partial charge in [-0.25, -0.2) is 4.79 Å². The first-order chi connectivity index (χ1) is 9.20. The van der Waals surface area contributed by atoms with E-state index < -0.39 is 5.97 Å². The van der Waals surface area contributed by atoms with Crippen LogP contribution in [0, 0.1) is 0 Å². The number of carboxylic acid groups (broad SMARTS) is 1. The van der Waals surface area contributed by atoms with E-state index in [0.717, 1.165) is 25.7 Å². The Morgan fingerprint density at radius 2 is 1.89 bits per heavy atom. The van der Waals surface area contributed by atoms with Crippen molar-refractivity contribution in [2.75, 3.05) is 7.11 Å². The summed E-state index contributed by atoms with van der Waals surface area (Å²) in [6.07, 6.45) is 6.89. The normalized spacial score (nSPS) is 16.7. The molecular formula is C15H20O4. The number of hydrogen-bond donors (Lipinski definition) is 1. The number of rotatable bonds is 4. The van der Waals surface area contributed by atoms with Crippen LogP contribution in [0.5, 0.6) is 11.5 Å². The zero-order chi connectivity index (χ0) is 13.7. The Labute approximate surface area is 113 Å². The van der Waals surface area contributed by atoms with Crippen LogP contribution in [-0.2, 0) is 0 Å². The molecule has 2 rings (SSSR count). The first-order valence-corrected chi connectivity index (χ1v) is 6.78. The molecule has 0 saturated heterocycles. The van der Waals surface area contributed by atoms with E-state index in [1.807, 2.05) is 0 Å². The molecule has 0 radical (unpaired) electrons. The van der Waals surface area contributed by atoms with Gasteiger partial charge in [0.2, 0.25) is 0 Å². The van der Waals surface area contributed by atoms with Crippen molar-refractivity contribution in [2.45, 2.75) is 44.6 Å². The van der Waals surface area contributed by atoms with Gasteiger partial charge in [-0.15, -0.1) is 0 Å². The molecule has 1 aromatic carbocycles. The molecule has 1 aliphatic rings. The number of methoxy groups -OCH3 is 1. The molecule has 1 N–H and O–H groups in total. The second kappa shape index (κ2) is 6.45. The molecule has 0 spiro atoms. The summed E-state index contributed by atoms with van der Waals surface area (Å²) < 4.78 is 11.0. The zero-order valence-corrected chi connectivity index (χ0v) is 11.2. The summed E-state index contributed by atoms with van der Waals surface area (Å²) in [7, 11) is 1.56. The maximum atomic E-state index is 11.2. The highest BCUT2D eigenvalue weighted by Gasteiger charge is 2.18. The fraction of sp³-hybridized carbons (Fsp3) is 0.533. The van der Waals surface area contributed by atoms with E-state index in [0.29, 0.717) is 11.5 Å². The van der Waals surface area contributed by atoms with Gasteiger partial charge in [-0.05, 0) is 37.8 Å². The average molecular weight is 264 g/mol. The highest BCUT2D eigenvalue weighted by atomic mass is 16.5. The maximum Gasteiger partial charge on any atom is 0.339 e. The molecule has 0 atom stereocenters. The van der Waals surface area contributed by atoms with Gasteiger partial charge in [0.05, 0.1) is 13.2 Å². The molecule has 1 fully saturated rings. The molecule has 0 heterocycles. The van der Waals surface area contributed by atoms with Crippen LogP contribution in [0.25, 0.3) is 0 Å². The third-order valence-corrected chi connectivity index (χ3v) is 3.52. The van der Waals surface area contributed by atoms with E-state index in [1.54, 1.807) is 19.2 Å². The summed E-state index contributed by atoms with van der Waals surface area (Å²) in [4.78, 5) is 11.2. The van der Waals surface area contributed by atoms with Crippen LogP contribution in [0.3, 0.4) is 0 Å². The molecule has 104 valence electrons. The van der Waals surface area contributed by atoms with Gasteiger partial charge in [0, 0.05) is 6.07 Å². The molecule has 1 aliphatic carbocycles. The third kappa shape index (κ3) is 3.63. The van der Waals surface area contributed by atoms with Crippen molar-refractivity contribution in [1.82, 2.24) is 0 Å². The largest absolute Gasteiger partial charge is 0.497 e. The van der Waals surface area contributed by atoms with E-state index in [9.17, 15) is 9.90 Å². The predicted octanol–water partition coefficient (Wildman–Crippen LogP) is 3.50. The first-order valence-electron chi connectivity index (χ1n) is 6.78. The second-order valence-corrected chi connectivity index (χ2v) is 4.90. The smallest absolute Gasteiger partial charge is 0.339 e. The second-order valence-electron chi connectivity index (χ2n) is 4.90. The van der Waals surface area contributed by atoms with Gasteiger partial charge >= 0.3 is 5.97 Å². The van der Waals surface area contributed by atoms with Crippen LogP contribution < -0.4 is 9.47 Å². The molecule has 4 heteroatoms. The van der Waals surface area contributed by atoms with Crippen LogP contribution in [0.1, 0.15) is 48.9 Å². The van der Waals surface area contributed by atoms with E-state index >= 15 is 0 Å². The SMILES string of the molecule is COc1ccc(C(=O)O)c(OC2CCCCCC2)c1. The van der Waals surface area contributed by atoms with Crippen molar-refractivity contribution in [3.63, 3.8) is 0 Å². The van der Waals surface area contributed by atoms with Gasteiger partial charge in [-0.2, -0.15) is 0 Å². The van der Waals surface area contributed by atoms with Crippen molar-refractivity contribution >= 4 is 5.97 Å². The molecule has 0 bridgehead atoms. The van der Waals surface area contributed by atoms with Crippen LogP contribution in [0.4, 0.5) is 0 Å². The fourth-order valence-electron chi connectivity index (χ4n) is 2.44. The quantitative estimate of drug-likeness (QED) is 0.846. The number of ether oxygens (including phenoxy) is 2. The number of benzene rings is 1. The summed E-state index contributed by atoms with van der Waals surface area (Å²) in [6, 6.07) is 4.84. The molecule has 0 amide bonds. The first kappa shape index (κ1) is 13.7. The Morgan fingerprint density at radius 1 is 1.21 bits per heavy atom. The van der Waals surface area contributed by atoms with E-state index in [1.165, 1.54) is 18.9 Å². The minimum atomic E-state index is -0.966. The Balaban J connectivity index is 2.18. The van der Waals surface area contributed by atoms with Crippen molar-refractivity contribution in [2.24, 2.45) is 0 Å². The molecule has 0 unspecified atom stereocenters. The Morgan fingerprint density at radius 3 is 2.47 bits per heavy atom. The molecule has 19 heavy (non-hydrogen) atoms. The van der Waals surface area contributed by atoms with Crippen molar-refractivity contribution < 1.29 is 19.4 Å². The molecule has 4 nitrogen and oxygen atoms in total. The summed E-state index contributed by atoms with van der Waals surface area (Å²) in [5.74, 6) is 0.0682. The minimum Gasteiger partial charge on any atom is -0.497 e. The van der Waals surface area contributed by atoms with Gasteiger partial charge in [-0.3, -0.25) is 0 Å². The lowest BCUT2D eigenvalue weighted by atomic mass is 10.1. The summed E-state index contributed by atoms with van der Waals surface area (Å²) in [5.41, 5.74) is 0.199. The summed E-state index contributed by atoms with van der Waals surface area (Å²) in [5, 5.41) is 9.19. The predicted molar refractivity (Wildman–Crippen MR) is 72.1 cm³/mol. The fourth-order valence-corrected chi connectivity index (χ4v) is 2.44. The van der Waals surface area contributed by atoms with Crippen LogP contribution >= 0.6 is 0 Å². The van der Waals surface area contributed by atoms with E-state index in [4.69, 9.17) is 9.47 Å². The van der Waals surface area contributed by atoms with Crippen molar-refractivity contribution in [3.05, 3.63) is 23.8 Å². The molecule has 1 saturated carbocycles. The maximum absolute atomic E-state index is 11.2. The lowest BCUT2D eigenvalue weighted by Crippen LogP contribution is -2.17. The minimum absolute atomic E-state index is 0.118. The Bertz CT molecular complexity index is 434. The number of aromatic carboxylic acids is 1. The topological polar surface area (TPSA) is 55.8 Å². The Hall–Kier alpha value is -1.71. The highest BCUT2D eigenvalue weighted by Crippen LogP contribution is 2.29. The molecule has 0 aromatic heterocycles. The average Bonchev–Trinajstić information content (AvgIpc) is 2.67.